The number of hydrogen-bond acceptors (Lipinski definition) is 5. The lowest BCUT2D eigenvalue weighted by molar-refractivity contribution is -0.137. The molecule has 2 heterocycles. The SMILES string of the molecule is CC(c1nc(CCl)cs1)N1CC(=O)NC(=O)C1. The molecule has 1 aliphatic heterocycles. The van der Waals surface area contributed by atoms with Gasteiger partial charge in [0.2, 0.25) is 11.8 Å². The molecule has 2 rings (SSSR count). The van der Waals surface area contributed by atoms with Crippen LogP contribution in [0.4, 0.5) is 0 Å². The van der Waals surface area contributed by atoms with E-state index in [0.29, 0.717) is 5.88 Å². The van der Waals surface area contributed by atoms with Crippen LogP contribution in [0, 0.1) is 0 Å². The van der Waals surface area contributed by atoms with Crippen molar-refractivity contribution in [2.24, 2.45) is 0 Å². The van der Waals surface area contributed by atoms with Crippen LogP contribution in [0.5, 0.6) is 0 Å². The highest BCUT2D eigenvalue weighted by Crippen LogP contribution is 2.24. The maximum absolute atomic E-state index is 11.3. The second-order valence-electron chi connectivity index (χ2n) is 3.86. The molecule has 0 spiro atoms. The third kappa shape index (κ3) is 2.83. The molecule has 0 aromatic carbocycles. The molecule has 0 bridgehead atoms. The van der Waals surface area contributed by atoms with Crippen LogP contribution in [0.25, 0.3) is 0 Å². The van der Waals surface area contributed by atoms with Crippen molar-refractivity contribution in [2.75, 3.05) is 13.1 Å². The Balaban J connectivity index is 2.10. The van der Waals surface area contributed by atoms with Gasteiger partial charge in [-0.2, -0.15) is 0 Å². The Hall–Kier alpha value is -0.980. The van der Waals surface area contributed by atoms with E-state index in [0.717, 1.165) is 10.7 Å². The van der Waals surface area contributed by atoms with Crippen molar-refractivity contribution in [1.29, 1.82) is 0 Å². The second-order valence-corrected chi connectivity index (χ2v) is 5.02. The van der Waals surface area contributed by atoms with Gasteiger partial charge in [-0.1, -0.05) is 0 Å². The van der Waals surface area contributed by atoms with E-state index in [1.165, 1.54) is 11.3 Å². The zero-order valence-electron chi connectivity index (χ0n) is 9.27. The number of hydrogen-bond donors (Lipinski definition) is 1. The van der Waals surface area contributed by atoms with Gasteiger partial charge in [-0.15, -0.1) is 22.9 Å². The van der Waals surface area contributed by atoms with E-state index in [1.807, 2.05) is 12.3 Å². The number of amides is 2. The zero-order valence-corrected chi connectivity index (χ0v) is 10.8. The number of piperazine rings is 1. The summed E-state index contributed by atoms with van der Waals surface area (Å²) >= 11 is 7.19. The third-order valence-corrected chi connectivity index (χ3v) is 3.92. The monoisotopic (exact) mass is 273 g/mol. The van der Waals surface area contributed by atoms with Crippen molar-refractivity contribution in [3.05, 3.63) is 16.1 Å². The van der Waals surface area contributed by atoms with Crippen LogP contribution in [0.1, 0.15) is 23.7 Å². The number of alkyl halides is 1. The first-order valence-electron chi connectivity index (χ1n) is 5.17. The molecule has 1 unspecified atom stereocenters. The maximum Gasteiger partial charge on any atom is 0.240 e. The van der Waals surface area contributed by atoms with Crippen molar-refractivity contribution in [1.82, 2.24) is 15.2 Å². The molecule has 1 N–H and O–H groups in total. The number of imide groups is 1. The van der Waals surface area contributed by atoms with E-state index in [4.69, 9.17) is 11.6 Å². The molecule has 5 nitrogen and oxygen atoms in total. The summed E-state index contributed by atoms with van der Waals surface area (Å²) in [6.07, 6.45) is 0. The van der Waals surface area contributed by atoms with Crippen molar-refractivity contribution in [3.8, 4) is 0 Å². The van der Waals surface area contributed by atoms with Gasteiger partial charge in [-0.05, 0) is 6.92 Å². The highest BCUT2D eigenvalue weighted by molar-refractivity contribution is 7.09. The lowest BCUT2D eigenvalue weighted by Gasteiger charge is -2.29. The fourth-order valence-corrected chi connectivity index (χ4v) is 2.80. The maximum atomic E-state index is 11.3. The summed E-state index contributed by atoms with van der Waals surface area (Å²) in [4.78, 5) is 28.7. The number of nitrogens with one attached hydrogen (secondary N) is 1. The van der Waals surface area contributed by atoms with Gasteiger partial charge in [0, 0.05) is 5.38 Å². The average molecular weight is 274 g/mol. The molecular formula is C10H12ClN3O2S. The first-order valence-corrected chi connectivity index (χ1v) is 6.58. The molecule has 1 aromatic rings. The quantitative estimate of drug-likeness (QED) is 0.657. The molecule has 1 atom stereocenters. The number of thiazole rings is 1. The Morgan fingerprint density at radius 1 is 1.53 bits per heavy atom. The largest absolute Gasteiger partial charge is 0.294 e. The van der Waals surface area contributed by atoms with E-state index in [-0.39, 0.29) is 30.9 Å². The number of rotatable bonds is 3. The minimum absolute atomic E-state index is 0.0491. The van der Waals surface area contributed by atoms with Crippen LogP contribution < -0.4 is 5.32 Å². The Bertz CT molecular complexity index is 433. The Kier molecular flexibility index (Phi) is 3.76. The standard InChI is InChI=1S/C10H12ClN3O2S/c1-6(10-12-7(2-11)5-17-10)14-3-8(15)13-9(16)4-14/h5-6H,2-4H2,1H3,(H,13,15,16). The summed E-state index contributed by atoms with van der Waals surface area (Å²) in [5, 5.41) is 5.05. The van der Waals surface area contributed by atoms with Crippen LogP contribution in [0.2, 0.25) is 0 Å². The topological polar surface area (TPSA) is 62.3 Å². The Morgan fingerprint density at radius 3 is 2.71 bits per heavy atom. The number of halogens is 1. The number of nitrogens with zero attached hydrogens (tertiary/aromatic N) is 2. The van der Waals surface area contributed by atoms with E-state index in [1.54, 1.807) is 4.90 Å². The van der Waals surface area contributed by atoms with Gasteiger partial charge in [0.25, 0.3) is 0 Å². The van der Waals surface area contributed by atoms with Crippen LogP contribution in [-0.4, -0.2) is 34.8 Å². The van der Waals surface area contributed by atoms with Crippen LogP contribution in [0.15, 0.2) is 5.38 Å². The van der Waals surface area contributed by atoms with Gasteiger partial charge in [0.15, 0.2) is 0 Å². The molecule has 7 heteroatoms. The molecule has 0 radical (unpaired) electrons. The smallest absolute Gasteiger partial charge is 0.240 e. The second kappa shape index (κ2) is 5.12. The highest BCUT2D eigenvalue weighted by Gasteiger charge is 2.28. The molecule has 92 valence electrons. The van der Waals surface area contributed by atoms with Gasteiger partial charge in [-0.3, -0.25) is 19.8 Å². The minimum Gasteiger partial charge on any atom is -0.294 e. The summed E-state index contributed by atoms with van der Waals surface area (Å²) in [6.45, 7) is 2.38. The highest BCUT2D eigenvalue weighted by atomic mass is 35.5. The minimum atomic E-state index is -0.262. The molecule has 17 heavy (non-hydrogen) atoms. The molecule has 1 fully saturated rings. The average Bonchev–Trinajstić information content (AvgIpc) is 2.75. The van der Waals surface area contributed by atoms with E-state index < -0.39 is 0 Å². The van der Waals surface area contributed by atoms with Crippen molar-refractivity contribution in [2.45, 2.75) is 18.8 Å². The summed E-state index contributed by atoms with van der Waals surface area (Å²) in [5.41, 5.74) is 0.825. The van der Waals surface area contributed by atoms with Crippen molar-refractivity contribution in [3.63, 3.8) is 0 Å². The summed E-state index contributed by atoms with van der Waals surface area (Å²) in [5.74, 6) is -0.146. The van der Waals surface area contributed by atoms with Crippen LogP contribution in [-0.2, 0) is 15.5 Å². The van der Waals surface area contributed by atoms with E-state index in [9.17, 15) is 9.59 Å². The molecule has 1 saturated heterocycles. The molecule has 1 aliphatic rings. The van der Waals surface area contributed by atoms with E-state index >= 15 is 0 Å². The predicted octanol–water partition coefficient (Wildman–Crippen LogP) is 0.901. The Labute approximate surface area is 108 Å². The Morgan fingerprint density at radius 2 is 2.18 bits per heavy atom. The fourth-order valence-electron chi connectivity index (χ4n) is 1.67. The zero-order chi connectivity index (χ0) is 12.4. The molecule has 0 aliphatic carbocycles. The molecule has 1 aromatic heterocycles. The number of aromatic nitrogens is 1. The third-order valence-electron chi connectivity index (χ3n) is 2.58. The summed E-state index contributed by atoms with van der Waals surface area (Å²) in [6, 6.07) is -0.0491. The lowest BCUT2D eigenvalue weighted by Crippen LogP contribution is -2.51. The number of carbonyl (C=O) groups excluding carboxylic acids is 2. The van der Waals surface area contributed by atoms with E-state index in [2.05, 4.69) is 10.3 Å². The van der Waals surface area contributed by atoms with Gasteiger partial charge < -0.3 is 0 Å². The fraction of sp³-hybridized carbons (Fsp3) is 0.500. The lowest BCUT2D eigenvalue weighted by atomic mass is 10.2. The predicted molar refractivity (Wildman–Crippen MR) is 64.8 cm³/mol. The van der Waals surface area contributed by atoms with Crippen molar-refractivity contribution >= 4 is 34.8 Å². The first kappa shape index (κ1) is 12.5. The first-order chi connectivity index (χ1) is 8.10. The molecular weight excluding hydrogens is 262 g/mol. The van der Waals surface area contributed by atoms with Gasteiger partial charge in [0.05, 0.1) is 30.7 Å². The summed E-state index contributed by atoms with van der Waals surface area (Å²) in [7, 11) is 0. The normalized spacial score (nSPS) is 19.2. The summed E-state index contributed by atoms with van der Waals surface area (Å²) < 4.78 is 0. The van der Waals surface area contributed by atoms with Gasteiger partial charge in [-0.25, -0.2) is 4.98 Å². The molecule has 2 amide bonds. The van der Waals surface area contributed by atoms with Gasteiger partial charge in [0.1, 0.15) is 5.01 Å². The van der Waals surface area contributed by atoms with Crippen LogP contribution >= 0.6 is 22.9 Å². The number of carbonyl (C=O) groups is 2. The van der Waals surface area contributed by atoms with Crippen LogP contribution in [0.3, 0.4) is 0 Å². The van der Waals surface area contributed by atoms with Gasteiger partial charge >= 0.3 is 0 Å². The molecule has 0 saturated carbocycles. The van der Waals surface area contributed by atoms with Crippen molar-refractivity contribution < 1.29 is 9.59 Å².